The summed E-state index contributed by atoms with van der Waals surface area (Å²) >= 11 is 5.99. The fraction of sp³-hybridized carbons (Fsp3) is 0.647. The third kappa shape index (κ3) is 3.32. The monoisotopic (exact) mass is 277 g/mol. The van der Waals surface area contributed by atoms with E-state index in [1.165, 1.54) is 50.6 Å². The van der Waals surface area contributed by atoms with Gasteiger partial charge in [0.15, 0.2) is 0 Å². The van der Waals surface area contributed by atoms with Crippen molar-refractivity contribution in [1.82, 2.24) is 5.32 Å². The number of hydrogen-bond acceptors (Lipinski definition) is 1. The molecular weight excluding hydrogens is 254 g/mol. The standard InChI is InChI=1S/C17H24ClN/c1-2-9-17(10-11-17)12-19-16(13-3-4-13)14-5-7-15(18)8-6-14/h5-8,13,16,19H,2-4,9-12H2,1H3. The van der Waals surface area contributed by atoms with Gasteiger partial charge < -0.3 is 5.32 Å². The van der Waals surface area contributed by atoms with Crippen LogP contribution in [-0.4, -0.2) is 6.54 Å². The summed E-state index contributed by atoms with van der Waals surface area (Å²) in [6.07, 6.45) is 8.30. The average molecular weight is 278 g/mol. The largest absolute Gasteiger partial charge is 0.309 e. The van der Waals surface area contributed by atoms with E-state index in [0.717, 1.165) is 10.9 Å². The molecule has 1 N–H and O–H groups in total. The van der Waals surface area contributed by atoms with Gasteiger partial charge in [-0.25, -0.2) is 0 Å². The molecule has 0 aromatic heterocycles. The number of hydrogen-bond donors (Lipinski definition) is 1. The lowest BCUT2D eigenvalue weighted by atomic mass is 9.97. The van der Waals surface area contributed by atoms with Crippen LogP contribution in [0, 0.1) is 11.3 Å². The van der Waals surface area contributed by atoms with E-state index < -0.39 is 0 Å². The van der Waals surface area contributed by atoms with Crippen LogP contribution in [-0.2, 0) is 0 Å². The van der Waals surface area contributed by atoms with Gasteiger partial charge in [0.25, 0.3) is 0 Å². The van der Waals surface area contributed by atoms with E-state index in [0.29, 0.717) is 11.5 Å². The van der Waals surface area contributed by atoms with Gasteiger partial charge in [0.1, 0.15) is 0 Å². The van der Waals surface area contributed by atoms with Crippen molar-refractivity contribution in [3.63, 3.8) is 0 Å². The zero-order valence-corrected chi connectivity index (χ0v) is 12.5. The number of benzene rings is 1. The van der Waals surface area contributed by atoms with Crippen molar-refractivity contribution < 1.29 is 0 Å². The molecule has 0 amide bonds. The molecule has 1 aromatic carbocycles. The Bertz CT molecular complexity index is 417. The smallest absolute Gasteiger partial charge is 0.0406 e. The minimum atomic E-state index is 0.548. The van der Waals surface area contributed by atoms with Gasteiger partial charge in [0.05, 0.1) is 0 Å². The minimum absolute atomic E-state index is 0.548. The van der Waals surface area contributed by atoms with Crippen molar-refractivity contribution in [2.75, 3.05) is 6.54 Å². The molecule has 2 aliphatic rings. The molecular formula is C17H24ClN. The van der Waals surface area contributed by atoms with Gasteiger partial charge in [-0.15, -0.1) is 0 Å². The molecule has 0 aliphatic heterocycles. The Labute approximate surface area is 121 Å². The first-order valence-electron chi connectivity index (χ1n) is 7.71. The predicted octanol–water partition coefficient (Wildman–Crippen LogP) is 4.96. The van der Waals surface area contributed by atoms with Crippen LogP contribution in [0.3, 0.4) is 0 Å². The molecule has 1 aromatic rings. The summed E-state index contributed by atoms with van der Waals surface area (Å²) in [4.78, 5) is 0. The van der Waals surface area contributed by atoms with Crippen LogP contribution in [0.2, 0.25) is 5.02 Å². The molecule has 0 saturated heterocycles. The molecule has 2 saturated carbocycles. The Morgan fingerprint density at radius 1 is 1.26 bits per heavy atom. The van der Waals surface area contributed by atoms with Crippen molar-refractivity contribution in [3.8, 4) is 0 Å². The third-order valence-corrected chi connectivity index (χ3v) is 5.01. The second-order valence-electron chi connectivity index (χ2n) is 6.50. The Morgan fingerprint density at radius 3 is 2.47 bits per heavy atom. The number of rotatable bonds is 7. The van der Waals surface area contributed by atoms with Gasteiger partial charge in [0.2, 0.25) is 0 Å². The lowest BCUT2D eigenvalue weighted by molar-refractivity contribution is 0.371. The molecule has 104 valence electrons. The van der Waals surface area contributed by atoms with E-state index in [1.807, 2.05) is 12.1 Å². The van der Waals surface area contributed by atoms with Gasteiger partial charge in [-0.05, 0) is 61.1 Å². The Hall–Kier alpha value is -0.530. The topological polar surface area (TPSA) is 12.0 Å². The normalized spacial score (nSPS) is 22.2. The van der Waals surface area contributed by atoms with Gasteiger partial charge in [-0.1, -0.05) is 37.1 Å². The molecule has 2 heteroatoms. The summed E-state index contributed by atoms with van der Waals surface area (Å²) in [5.41, 5.74) is 2.05. The van der Waals surface area contributed by atoms with Crippen molar-refractivity contribution in [2.45, 2.75) is 51.5 Å². The van der Waals surface area contributed by atoms with E-state index >= 15 is 0 Å². The first-order valence-corrected chi connectivity index (χ1v) is 8.09. The van der Waals surface area contributed by atoms with E-state index in [9.17, 15) is 0 Å². The lowest BCUT2D eigenvalue weighted by Gasteiger charge is -2.23. The molecule has 1 unspecified atom stereocenters. The first-order chi connectivity index (χ1) is 9.22. The van der Waals surface area contributed by atoms with Crippen LogP contribution in [0.4, 0.5) is 0 Å². The minimum Gasteiger partial charge on any atom is -0.309 e. The Balaban J connectivity index is 1.63. The van der Waals surface area contributed by atoms with E-state index in [1.54, 1.807) is 0 Å². The molecule has 0 spiro atoms. The number of nitrogens with one attached hydrogen (secondary N) is 1. The summed E-state index contributed by atoms with van der Waals surface area (Å²) in [5.74, 6) is 0.846. The maximum Gasteiger partial charge on any atom is 0.0406 e. The second-order valence-corrected chi connectivity index (χ2v) is 6.93. The van der Waals surface area contributed by atoms with Crippen molar-refractivity contribution >= 4 is 11.6 Å². The Morgan fingerprint density at radius 2 is 1.95 bits per heavy atom. The lowest BCUT2D eigenvalue weighted by Crippen LogP contribution is -2.29. The van der Waals surface area contributed by atoms with Crippen LogP contribution < -0.4 is 5.32 Å². The molecule has 1 nitrogen and oxygen atoms in total. The molecule has 0 radical (unpaired) electrons. The maximum absolute atomic E-state index is 5.99. The number of halogens is 1. The van der Waals surface area contributed by atoms with E-state index in [4.69, 9.17) is 11.6 Å². The molecule has 3 rings (SSSR count). The molecule has 0 heterocycles. The Kier molecular flexibility index (Phi) is 3.86. The zero-order chi connectivity index (χ0) is 13.3. The van der Waals surface area contributed by atoms with E-state index in [-0.39, 0.29) is 0 Å². The van der Waals surface area contributed by atoms with E-state index in [2.05, 4.69) is 24.4 Å². The van der Waals surface area contributed by atoms with Crippen molar-refractivity contribution in [3.05, 3.63) is 34.9 Å². The molecule has 2 aliphatic carbocycles. The summed E-state index contributed by atoms with van der Waals surface area (Å²) in [6.45, 7) is 3.50. The van der Waals surface area contributed by atoms with Crippen LogP contribution in [0.5, 0.6) is 0 Å². The summed E-state index contributed by atoms with van der Waals surface area (Å²) < 4.78 is 0. The van der Waals surface area contributed by atoms with Gasteiger partial charge in [0, 0.05) is 17.6 Å². The summed E-state index contributed by atoms with van der Waals surface area (Å²) in [7, 11) is 0. The predicted molar refractivity (Wildman–Crippen MR) is 81.5 cm³/mol. The highest BCUT2D eigenvalue weighted by atomic mass is 35.5. The van der Waals surface area contributed by atoms with Crippen molar-refractivity contribution in [2.24, 2.45) is 11.3 Å². The fourth-order valence-electron chi connectivity index (χ4n) is 3.21. The molecule has 0 bridgehead atoms. The highest BCUT2D eigenvalue weighted by Gasteiger charge is 2.42. The quantitative estimate of drug-likeness (QED) is 0.743. The SMILES string of the molecule is CCCC1(CNC(c2ccc(Cl)cc2)C2CC2)CC1. The summed E-state index contributed by atoms with van der Waals surface area (Å²) in [6, 6.07) is 8.97. The van der Waals surface area contributed by atoms with Crippen LogP contribution in [0.15, 0.2) is 24.3 Å². The zero-order valence-electron chi connectivity index (χ0n) is 11.8. The molecule has 1 atom stereocenters. The van der Waals surface area contributed by atoms with Gasteiger partial charge >= 0.3 is 0 Å². The maximum atomic E-state index is 5.99. The van der Waals surface area contributed by atoms with Gasteiger partial charge in [-0.3, -0.25) is 0 Å². The van der Waals surface area contributed by atoms with Gasteiger partial charge in [-0.2, -0.15) is 0 Å². The third-order valence-electron chi connectivity index (χ3n) is 4.76. The van der Waals surface area contributed by atoms with Crippen LogP contribution in [0.1, 0.15) is 57.1 Å². The second kappa shape index (κ2) is 5.46. The highest BCUT2D eigenvalue weighted by Crippen LogP contribution is 2.50. The fourth-order valence-corrected chi connectivity index (χ4v) is 3.33. The first kappa shape index (κ1) is 13.5. The van der Waals surface area contributed by atoms with Crippen molar-refractivity contribution in [1.29, 1.82) is 0 Å². The van der Waals surface area contributed by atoms with Crippen LogP contribution >= 0.6 is 11.6 Å². The molecule has 19 heavy (non-hydrogen) atoms. The molecule has 2 fully saturated rings. The highest BCUT2D eigenvalue weighted by molar-refractivity contribution is 6.30. The average Bonchev–Trinajstić information content (AvgIpc) is 3.28. The summed E-state index contributed by atoms with van der Waals surface area (Å²) in [5, 5.41) is 4.70. The van der Waals surface area contributed by atoms with Crippen LogP contribution in [0.25, 0.3) is 0 Å².